The van der Waals surface area contributed by atoms with Crippen LogP contribution in [0.25, 0.3) is 0 Å². The topological polar surface area (TPSA) is 35.2 Å². The van der Waals surface area contributed by atoms with Crippen molar-refractivity contribution in [3.05, 3.63) is 29.3 Å². The van der Waals surface area contributed by atoms with Crippen LogP contribution in [0, 0.1) is 5.92 Å². The van der Waals surface area contributed by atoms with Crippen LogP contribution >= 0.6 is 0 Å². The van der Waals surface area contributed by atoms with Crippen LogP contribution in [-0.4, -0.2) is 13.7 Å². The molecule has 2 rings (SSSR count). The minimum Gasteiger partial charge on any atom is -0.496 e. The molecule has 2 atom stereocenters. The Balaban J connectivity index is 2.37. The Kier molecular flexibility index (Phi) is 3.20. The molecule has 0 saturated heterocycles. The van der Waals surface area contributed by atoms with Gasteiger partial charge in [0.05, 0.1) is 7.11 Å². The monoisotopic (exact) mass is 219 g/mol. The highest BCUT2D eigenvalue weighted by atomic mass is 16.5. The number of hydrogen-bond acceptors (Lipinski definition) is 2. The van der Waals surface area contributed by atoms with Crippen molar-refractivity contribution in [3.8, 4) is 5.75 Å². The van der Waals surface area contributed by atoms with Crippen LogP contribution in [0.4, 0.5) is 0 Å². The molecule has 2 heteroatoms. The summed E-state index contributed by atoms with van der Waals surface area (Å²) in [5, 5.41) is 0. The summed E-state index contributed by atoms with van der Waals surface area (Å²) in [6, 6.07) is 6.38. The Morgan fingerprint density at radius 3 is 2.69 bits per heavy atom. The van der Waals surface area contributed by atoms with Crippen molar-refractivity contribution in [2.75, 3.05) is 13.7 Å². The predicted molar refractivity (Wildman–Crippen MR) is 67.0 cm³/mol. The fraction of sp³-hybridized carbons (Fsp3) is 0.571. The van der Waals surface area contributed by atoms with Gasteiger partial charge in [-0.25, -0.2) is 0 Å². The van der Waals surface area contributed by atoms with Gasteiger partial charge >= 0.3 is 0 Å². The van der Waals surface area contributed by atoms with Crippen LogP contribution in [-0.2, 0) is 0 Å². The Bertz CT molecular complexity index is 373. The standard InChI is InChI=1S/C14H21NO/c1-9(2)14-11(12-7-10(12)8-15)5-4-6-13(14)16-3/h4-6,9-10,12H,7-8,15H2,1-3H3/t10-,12+/m0/s1. The lowest BCUT2D eigenvalue weighted by molar-refractivity contribution is 0.406. The Morgan fingerprint density at radius 2 is 2.19 bits per heavy atom. The van der Waals surface area contributed by atoms with Crippen molar-refractivity contribution in [1.29, 1.82) is 0 Å². The van der Waals surface area contributed by atoms with Gasteiger partial charge in [-0.1, -0.05) is 26.0 Å². The molecule has 0 heterocycles. The lowest BCUT2D eigenvalue weighted by Crippen LogP contribution is -2.04. The second-order valence-electron chi connectivity index (χ2n) is 4.96. The van der Waals surface area contributed by atoms with Crippen molar-refractivity contribution in [3.63, 3.8) is 0 Å². The number of methoxy groups -OCH3 is 1. The average molecular weight is 219 g/mol. The van der Waals surface area contributed by atoms with E-state index in [2.05, 4.69) is 32.0 Å². The molecule has 0 spiro atoms. The molecule has 0 aliphatic heterocycles. The Hall–Kier alpha value is -1.02. The molecule has 88 valence electrons. The van der Waals surface area contributed by atoms with Crippen molar-refractivity contribution < 1.29 is 4.74 Å². The SMILES string of the molecule is COc1cccc([C@@H]2C[C@H]2CN)c1C(C)C. The van der Waals surface area contributed by atoms with Gasteiger partial charge in [-0.05, 0) is 42.3 Å². The second kappa shape index (κ2) is 4.46. The van der Waals surface area contributed by atoms with Gasteiger partial charge in [-0.2, -0.15) is 0 Å². The van der Waals surface area contributed by atoms with Crippen LogP contribution in [0.3, 0.4) is 0 Å². The predicted octanol–water partition coefficient (Wildman–Crippen LogP) is 2.88. The van der Waals surface area contributed by atoms with E-state index in [1.807, 2.05) is 0 Å². The molecule has 0 bridgehead atoms. The number of hydrogen-bond donors (Lipinski definition) is 1. The molecule has 2 nitrogen and oxygen atoms in total. The molecule has 1 aromatic rings. The summed E-state index contributed by atoms with van der Waals surface area (Å²) in [5.41, 5.74) is 8.54. The molecule has 1 aromatic carbocycles. The molecule has 1 saturated carbocycles. The second-order valence-corrected chi connectivity index (χ2v) is 4.96. The zero-order valence-corrected chi connectivity index (χ0v) is 10.4. The summed E-state index contributed by atoms with van der Waals surface area (Å²) in [6.45, 7) is 5.25. The van der Waals surface area contributed by atoms with E-state index in [0.29, 0.717) is 17.8 Å². The highest BCUT2D eigenvalue weighted by Gasteiger charge is 2.39. The van der Waals surface area contributed by atoms with Crippen LogP contribution < -0.4 is 10.5 Å². The molecule has 16 heavy (non-hydrogen) atoms. The first-order valence-corrected chi connectivity index (χ1v) is 6.05. The lowest BCUT2D eigenvalue weighted by Gasteiger charge is -2.16. The summed E-state index contributed by atoms with van der Waals surface area (Å²) in [4.78, 5) is 0. The van der Waals surface area contributed by atoms with Gasteiger partial charge in [0.25, 0.3) is 0 Å². The molecular formula is C14H21NO. The molecule has 0 unspecified atom stereocenters. The Labute approximate surface area is 97.8 Å². The van der Waals surface area contributed by atoms with Gasteiger partial charge in [0, 0.05) is 5.56 Å². The summed E-state index contributed by atoms with van der Waals surface area (Å²) < 4.78 is 5.46. The van der Waals surface area contributed by atoms with Gasteiger partial charge < -0.3 is 10.5 Å². The minimum absolute atomic E-state index is 0.505. The van der Waals surface area contributed by atoms with E-state index in [-0.39, 0.29) is 0 Å². The van der Waals surface area contributed by atoms with Crippen molar-refractivity contribution in [2.24, 2.45) is 11.7 Å². The summed E-state index contributed by atoms with van der Waals surface area (Å²) in [7, 11) is 1.75. The minimum atomic E-state index is 0.505. The van der Waals surface area contributed by atoms with Crippen molar-refractivity contribution >= 4 is 0 Å². The highest BCUT2D eigenvalue weighted by molar-refractivity contribution is 5.46. The zero-order chi connectivity index (χ0) is 11.7. The zero-order valence-electron chi connectivity index (χ0n) is 10.4. The van der Waals surface area contributed by atoms with Gasteiger partial charge in [-0.15, -0.1) is 0 Å². The quantitative estimate of drug-likeness (QED) is 0.845. The van der Waals surface area contributed by atoms with Gasteiger partial charge in [-0.3, -0.25) is 0 Å². The molecule has 2 N–H and O–H groups in total. The lowest BCUT2D eigenvalue weighted by atomic mass is 9.92. The first-order valence-electron chi connectivity index (χ1n) is 6.05. The molecule has 0 amide bonds. The summed E-state index contributed by atoms with van der Waals surface area (Å²) >= 11 is 0. The summed E-state index contributed by atoms with van der Waals surface area (Å²) in [6.07, 6.45) is 1.24. The van der Waals surface area contributed by atoms with Crippen LogP contribution in [0.15, 0.2) is 18.2 Å². The third kappa shape index (κ3) is 1.94. The Morgan fingerprint density at radius 1 is 1.44 bits per heavy atom. The van der Waals surface area contributed by atoms with E-state index < -0.39 is 0 Å². The van der Waals surface area contributed by atoms with Gasteiger partial charge in [0.15, 0.2) is 0 Å². The van der Waals surface area contributed by atoms with E-state index in [9.17, 15) is 0 Å². The van der Waals surface area contributed by atoms with E-state index in [0.717, 1.165) is 12.3 Å². The van der Waals surface area contributed by atoms with Crippen LogP contribution in [0.5, 0.6) is 5.75 Å². The largest absolute Gasteiger partial charge is 0.496 e. The average Bonchev–Trinajstić information content (AvgIpc) is 3.06. The van der Waals surface area contributed by atoms with E-state index >= 15 is 0 Å². The fourth-order valence-corrected chi connectivity index (χ4v) is 2.57. The van der Waals surface area contributed by atoms with Crippen LogP contribution in [0.1, 0.15) is 43.2 Å². The number of ether oxygens (including phenoxy) is 1. The first kappa shape index (κ1) is 11.5. The van der Waals surface area contributed by atoms with Crippen LogP contribution in [0.2, 0.25) is 0 Å². The van der Waals surface area contributed by atoms with Gasteiger partial charge in [0.1, 0.15) is 5.75 Å². The number of nitrogens with two attached hydrogens (primary N) is 1. The molecule has 0 radical (unpaired) electrons. The van der Waals surface area contributed by atoms with Gasteiger partial charge in [0.2, 0.25) is 0 Å². The maximum absolute atomic E-state index is 5.73. The highest BCUT2D eigenvalue weighted by Crippen LogP contribution is 2.50. The third-order valence-corrected chi connectivity index (χ3v) is 3.52. The third-order valence-electron chi connectivity index (χ3n) is 3.52. The van der Waals surface area contributed by atoms with Crippen molar-refractivity contribution in [2.45, 2.75) is 32.1 Å². The molecular weight excluding hydrogens is 198 g/mol. The molecule has 1 aliphatic carbocycles. The van der Waals surface area contributed by atoms with E-state index in [4.69, 9.17) is 10.5 Å². The smallest absolute Gasteiger partial charge is 0.122 e. The van der Waals surface area contributed by atoms with Crippen molar-refractivity contribution in [1.82, 2.24) is 0 Å². The normalized spacial score (nSPS) is 23.6. The number of benzene rings is 1. The maximum Gasteiger partial charge on any atom is 0.122 e. The van der Waals surface area contributed by atoms with E-state index in [1.165, 1.54) is 17.5 Å². The molecule has 1 aliphatic rings. The maximum atomic E-state index is 5.73. The summed E-state index contributed by atoms with van der Waals surface area (Å²) in [5.74, 6) is 2.88. The fourth-order valence-electron chi connectivity index (χ4n) is 2.57. The van der Waals surface area contributed by atoms with E-state index in [1.54, 1.807) is 7.11 Å². The first-order chi connectivity index (χ1) is 7.69. The molecule has 0 aromatic heterocycles. The molecule has 1 fully saturated rings. The number of rotatable bonds is 4.